The zero-order chi connectivity index (χ0) is 14.7. The minimum absolute atomic E-state index is 0.0661. The molecule has 0 aliphatic heterocycles. The Hall–Kier alpha value is -0.450. The minimum atomic E-state index is -0.0661. The predicted octanol–water partition coefficient (Wildman–Crippen LogP) is 3.98. The summed E-state index contributed by atoms with van der Waals surface area (Å²) in [4.78, 5) is 6.62. The van der Waals surface area contributed by atoms with Gasteiger partial charge in [0.25, 0.3) is 0 Å². The summed E-state index contributed by atoms with van der Waals surface area (Å²) >= 11 is 1.94. The third kappa shape index (κ3) is 3.03. The first-order valence-corrected chi connectivity index (χ1v) is 9.36. The van der Waals surface area contributed by atoms with Gasteiger partial charge in [-0.1, -0.05) is 19.8 Å². The summed E-state index contributed by atoms with van der Waals surface area (Å²) in [5.41, 5.74) is 1.32. The summed E-state index contributed by atoms with van der Waals surface area (Å²) < 4.78 is 5.93. The fourth-order valence-electron chi connectivity index (χ4n) is 3.81. The molecule has 1 aromatic heterocycles. The van der Waals surface area contributed by atoms with Crippen molar-refractivity contribution in [2.24, 2.45) is 0 Å². The van der Waals surface area contributed by atoms with Crippen LogP contribution < -0.4 is 5.32 Å². The van der Waals surface area contributed by atoms with E-state index in [0.717, 1.165) is 25.9 Å². The standard InChI is InChI=1S/C17H28N2OS/c1-3-11-18-12-13-7-6-8-14-15(13)19-16(21-14)17(20-2)9-4-5-10-17/h13,18H,3-12H2,1-2H3. The van der Waals surface area contributed by atoms with Crippen molar-refractivity contribution in [1.82, 2.24) is 10.3 Å². The topological polar surface area (TPSA) is 34.1 Å². The van der Waals surface area contributed by atoms with E-state index in [0.29, 0.717) is 5.92 Å². The van der Waals surface area contributed by atoms with E-state index >= 15 is 0 Å². The van der Waals surface area contributed by atoms with Crippen molar-refractivity contribution in [2.75, 3.05) is 20.2 Å². The van der Waals surface area contributed by atoms with Gasteiger partial charge in [0.05, 0.1) is 5.69 Å². The second-order valence-electron chi connectivity index (χ2n) is 6.53. The highest BCUT2D eigenvalue weighted by Crippen LogP contribution is 2.46. The highest BCUT2D eigenvalue weighted by molar-refractivity contribution is 7.11. The van der Waals surface area contributed by atoms with E-state index < -0.39 is 0 Å². The van der Waals surface area contributed by atoms with Crippen LogP contribution in [-0.2, 0) is 16.8 Å². The number of ether oxygens (including phenoxy) is 1. The van der Waals surface area contributed by atoms with Crippen LogP contribution in [0.3, 0.4) is 0 Å². The van der Waals surface area contributed by atoms with Crippen molar-refractivity contribution >= 4 is 11.3 Å². The molecular formula is C17H28N2OS. The third-order valence-corrected chi connectivity index (χ3v) is 6.40. The molecule has 0 radical (unpaired) electrons. The summed E-state index contributed by atoms with van der Waals surface area (Å²) in [5, 5.41) is 4.84. The molecular weight excluding hydrogens is 280 g/mol. The van der Waals surface area contributed by atoms with E-state index in [1.165, 1.54) is 54.1 Å². The molecule has 3 rings (SSSR count). The number of thiazole rings is 1. The lowest BCUT2D eigenvalue weighted by Crippen LogP contribution is -2.26. The Morgan fingerprint density at radius 1 is 1.33 bits per heavy atom. The first-order chi connectivity index (χ1) is 10.3. The van der Waals surface area contributed by atoms with E-state index in [2.05, 4.69) is 12.2 Å². The van der Waals surface area contributed by atoms with Gasteiger partial charge in [-0.15, -0.1) is 11.3 Å². The van der Waals surface area contributed by atoms with Crippen LogP contribution in [-0.4, -0.2) is 25.2 Å². The molecule has 118 valence electrons. The number of rotatable bonds is 6. The van der Waals surface area contributed by atoms with Crippen molar-refractivity contribution < 1.29 is 4.74 Å². The Morgan fingerprint density at radius 2 is 2.14 bits per heavy atom. The SMILES string of the molecule is CCCNCC1CCCc2sc(C3(OC)CCCC3)nc21. The first kappa shape index (κ1) is 15.4. The Labute approximate surface area is 132 Å². The summed E-state index contributed by atoms with van der Waals surface area (Å²) in [5.74, 6) is 0.612. The maximum atomic E-state index is 5.93. The molecule has 0 saturated heterocycles. The molecule has 3 nitrogen and oxygen atoms in total. The summed E-state index contributed by atoms with van der Waals surface area (Å²) in [6.07, 6.45) is 9.87. The maximum Gasteiger partial charge on any atom is 0.125 e. The van der Waals surface area contributed by atoms with E-state index in [4.69, 9.17) is 9.72 Å². The fraction of sp³-hybridized carbons (Fsp3) is 0.824. The summed E-state index contributed by atoms with van der Waals surface area (Å²) in [7, 11) is 1.87. The van der Waals surface area contributed by atoms with Gasteiger partial charge in [0.1, 0.15) is 10.6 Å². The molecule has 1 heterocycles. The number of nitrogens with one attached hydrogen (secondary N) is 1. The van der Waals surface area contributed by atoms with Gasteiger partial charge in [0, 0.05) is 24.4 Å². The quantitative estimate of drug-likeness (QED) is 0.807. The molecule has 1 saturated carbocycles. The molecule has 0 spiro atoms. The highest BCUT2D eigenvalue weighted by atomic mass is 32.1. The Morgan fingerprint density at radius 3 is 2.86 bits per heavy atom. The average Bonchev–Trinajstić information content (AvgIpc) is 3.15. The van der Waals surface area contributed by atoms with Crippen LogP contribution in [0.25, 0.3) is 0 Å². The second-order valence-corrected chi connectivity index (χ2v) is 7.61. The lowest BCUT2D eigenvalue weighted by molar-refractivity contribution is -0.00900. The normalized spacial score (nSPS) is 24.2. The van der Waals surface area contributed by atoms with Crippen molar-refractivity contribution in [1.29, 1.82) is 0 Å². The molecule has 1 atom stereocenters. The second kappa shape index (κ2) is 6.76. The van der Waals surface area contributed by atoms with Crippen LogP contribution in [0.15, 0.2) is 0 Å². The van der Waals surface area contributed by atoms with Crippen LogP contribution in [0.5, 0.6) is 0 Å². The first-order valence-electron chi connectivity index (χ1n) is 8.55. The van der Waals surface area contributed by atoms with Crippen LogP contribution in [0.2, 0.25) is 0 Å². The number of methoxy groups -OCH3 is 1. The van der Waals surface area contributed by atoms with E-state index in [1.807, 2.05) is 18.4 Å². The lowest BCUT2D eigenvalue weighted by Gasteiger charge is -2.24. The molecule has 21 heavy (non-hydrogen) atoms. The highest BCUT2D eigenvalue weighted by Gasteiger charge is 2.40. The minimum Gasteiger partial charge on any atom is -0.371 e. The van der Waals surface area contributed by atoms with Crippen molar-refractivity contribution in [3.8, 4) is 0 Å². The van der Waals surface area contributed by atoms with Gasteiger partial charge in [0.15, 0.2) is 0 Å². The van der Waals surface area contributed by atoms with Crippen LogP contribution >= 0.6 is 11.3 Å². The molecule has 2 aliphatic rings. The van der Waals surface area contributed by atoms with Gasteiger partial charge < -0.3 is 10.1 Å². The number of fused-ring (bicyclic) bond motifs is 1. The van der Waals surface area contributed by atoms with Gasteiger partial charge >= 0.3 is 0 Å². The number of aryl methyl sites for hydroxylation is 1. The van der Waals surface area contributed by atoms with Gasteiger partial charge in [-0.05, 0) is 45.1 Å². The lowest BCUT2D eigenvalue weighted by atomic mass is 9.91. The molecule has 0 amide bonds. The third-order valence-electron chi connectivity index (χ3n) is 5.08. The molecule has 0 aromatic carbocycles. The molecule has 1 unspecified atom stereocenters. The number of nitrogens with zero attached hydrogens (tertiary/aromatic N) is 1. The Kier molecular flexibility index (Phi) is 4.97. The van der Waals surface area contributed by atoms with Gasteiger partial charge in [-0.2, -0.15) is 0 Å². The number of hydrogen-bond donors (Lipinski definition) is 1. The largest absolute Gasteiger partial charge is 0.371 e. The molecule has 4 heteroatoms. The number of hydrogen-bond acceptors (Lipinski definition) is 4. The Balaban J connectivity index is 1.80. The monoisotopic (exact) mass is 308 g/mol. The molecule has 2 aliphatic carbocycles. The van der Waals surface area contributed by atoms with Crippen molar-refractivity contribution in [3.05, 3.63) is 15.6 Å². The maximum absolute atomic E-state index is 5.93. The van der Waals surface area contributed by atoms with E-state index in [9.17, 15) is 0 Å². The molecule has 0 bridgehead atoms. The predicted molar refractivity (Wildman–Crippen MR) is 88.1 cm³/mol. The number of aromatic nitrogens is 1. The zero-order valence-electron chi connectivity index (χ0n) is 13.4. The summed E-state index contributed by atoms with van der Waals surface area (Å²) in [6, 6.07) is 0. The van der Waals surface area contributed by atoms with Gasteiger partial charge in [0.2, 0.25) is 0 Å². The smallest absolute Gasteiger partial charge is 0.125 e. The van der Waals surface area contributed by atoms with Gasteiger partial charge in [-0.25, -0.2) is 4.98 Å². The molecule has 1 aromatic rings. The molecule has 1 fully saturated rings. The zero-order valence-corrected chi connectivity index (χ0v) is 14.2. The molecule has 1 N–H and O–H groups in total. The van der Waals surface area contributed by atoms with Crippen LogP contribution in [0.1, 0.15) is 73.4 Å². The van der Waals surface area contributed by atoms with Crippen molar-refractivity contribution in [3.63, 3.8) is 0 Å². The van der Waals surface area contributed by atoms with Crippen LogP contribution in [0, 0.1) is 0 Å². The van der Waals surface area contributed by atoms with E-state index in [1.54, 1.807) is 0 Å². The fourth-order valence-corrected chi connectivity index (χ4v) is 5.22. The van der Waals surface area contributed by atoms with Gasteiger partial charge in [-0.3, -0.25) is 0 Å². The Bertz CT molecular complexity index is 465. The van der Waals surface area contributed by atoms with E-state index in [-0.39, 0.29) is 5.60 Å². The van der Waals surface area contributed by atoms with Crippen LogP contribution in [0.4, 0.5) is 0 Å². The average molecular weight is 308 g/mol. The summed E-state index contributed by atoms with van der Waals surface area (Å²) in [6.45, 7) is 4.43. The van der Waals surface area contributed by atoms with Crippen molar-refractivity contribution in [2.45, 2.75) is 69.8 Å².